The second-order valence-corrected chi connectivity index (χ2v) is 10.0. The largest absolute Gasteiger partial charge is 0.495 e. The highest BCUT2D eigenvalue weighted by atomic mass is 79.9. The van der Waals surface area contributed by atoms with Crippen LogP contribution in [0.1, 0.15) is 10.4 Å². The Bertz CT molecular complexity index is 1600. The van der Waals surface area contributed by atoms with E-state index < -0.39 is 5.91 Å². The van der Waals surface area contributed by atoms with E-state index >= 15 is 0 Å². The highest BCUT2D eigenvalue weighted by molar-refractivity contribution is 9.10. The van der Waals surface area contributed by atoms with Gasteiger partial charge in [-0.25, -0.2) is 4.98 Å². The SMILES string of the molecule is COc1ccc(-c2nc3ccccc3s2)cc1NC(=S)NC(=O)c1cc2ccccc2c(Br)c1OC. The second-order valence-electron chi connectivity index (χ2n) is 7.80. The summed E-state index contributed by atoms with van der Waals surface area (Å²) in [5.74, 6) is 0.629. The minimum atomic E-state index is -0.392. The Hall–Kier alpha value is -3.53. The van der Waals surface area contributed by atoms with Crippen molar-refractivity contribution in [2.75, 3.05) is 19.5 Å². The van der Waals surface area contributed by atoms with Crippen LogP contribution in [0.25, 0.3) is 31.6 Å². The Morgan fingerprint density at radius 2 is 1.78 bits per heavy atom. The van der Waals surface area contributed by atoms with E-state index in [2.05, 4.69) is 26.6 Å². The average molecular weight is 579 g/mol. The molecule has 0 aliphatic carbocycles. The number of thiazole rings is 1. The highest BCUT2D eigenvalue weighted by Gasteiger charge is 2.20. The number of hydrogen-bond donors (Lipinski definition) is 2. The summed E-state index contributed by atoms with van der Waals surface area (Å²) >= 11 is 10.6. The van der Waals surface area contributed by atoms with Crippen LogP contribution in [0.4, 0.5) is 5.69 Å². The van der Waals surface area contributed by atoms with E-state index in [0.717, 1.165) is 31.6 Å². The normalized spacial score (nSPS) is 10.9. The molecule has 2 N–H and O–H groups in total. The quantitative estimate of drug-likeness (QED) is 0.219. The van der Waals surface area contributed by atoms with Crippen LogP contribution in [-0.2, 0) is 0 Å². The molecule has 180 valence electrons. The third kappa shape index (κ3) is 4.65. The molecule has 0 spiro atoms. The predicted octanol–water partition coefficient (Wildman–Crippen LogP) is 7.02. The first-order chi connectivity index (χ1) is 17.5. The number of halogens is 1. The molecule has 0 fully saturated rings. The van der Waals surface area contributed by atoms with Gasteiger partial charge in [0, 0.05) is 5.56 Å². The molecule has 0 aliphatic rings. The molecule has 0 radical (unpaired) electrons. The Labute approximate surface area is 225 Å². The fourth-order valence-corrected chi connectivity index (χ4v) is 5.81. The fraction of sp³-hybridized carbons (Fsp3) is 0.0741. The van der Waals surface area contributed by atoms with E-state index in [1.165, 1.54) is 7.11 Å². The summed E-state index contributed by atoms with van der Waals surface area (Å²) in [4.78, 5) is 17.9. The van der Waals surface area contributed by atoms with Crippen LogP contribution >= 0.6 is 39.5 Å². The number of aromatic nitrogens is 1. The summed E-state index contributed by atoms with van der Waals surface area (Å²) in [6.07, 6.45) is 0. The first-order valence-corrected chi connectivity index (χ1v) is 12.9. The predicted molar refractivity (Wildman–Crippen MR) is 153 cm³/mol. The van der Waals surface area contributed by atoms with Gasteiger partial charge in [-0.2, -0.15) is 0 Å². The van der Waals surface area contributed by atoms with Crippen molar-refractivity contribution in [2.45, 2.75) is 0 Å². The first-order valence-electron chi connectivity index (χ1n) is 10.9. The molecule has 0 bridgehead atoms. The van der Waals surface area contributed by atoms with Crippen molar-refractivity contribution in [2.24, 2.45) is 0 Å². The molecule has 0 atom stereocenters. The number of carbonyl (C=O) groups is 1. The van der Waals surface area contributed by atoms with Gasteiger partial charge in [0.15, 0.2) is 5.11 Å². The Balaban J connectivity index is 1.41. The van der Waals surface area contributed by atoms with Crippen molar-refractivity contribution in [3.05, 3.63) is 82.8 Å². The number of nitrogens with one attached hydrogen (secondary N) is 2. The number of hydrogen-bond acceptors (Lipinski definition) is 6. The first kappa shape index (κ1) is 24.2. The molecule has 1 amide bonds. The molecule has 0 saturated carbocycles. The number of ether oxygens (including phenoxy) is 2. The maximum absolute atomic E-state index is 13.2. The van der Waals surface area contributed by atoms with Gasteiger partial charge in [0.2, 0.25) is 0 Å². The lowest BCUT2D eigenvalue weighted by Crippen LogP contribution is -2.34. The third-order valence-electron chi connectivity index (χ3n) is 5.61. The molecular formula is C27H20BrN3O3S2. The molecule has 0 saturated heterocycles. The Morgan fingerprint density at radius 3 is 2.56 bits per heavy atom. The van der Waals surface area contributed by atoms with Gasteiger partial charge in [0.1, 0.15) is 16.5 Å². The van der Waals surface area contributed by atoms with Crippen molar-refractivity contribution < 1.29 is 14.3 Å². The summed E-state index contributed by atoms with van der Waals surface area (Å²) < 4.78 is 12.9. The summed E-state index contributed by atoms with van der Waals surface area (Å²) in [7, 11) is 3.11. The van der Waals surface area contributed by atoms with Crippen LogP contribution in [0.5, 0.6) is 11.5 Å². The van der Waals surface area contributed by atoms with Gasteiger partial charge >= 0.3 is 0 Å². The molecule has 0 aliphatic heterocycles. The van der Waals surface area contributed by atoms with Crippen LogP contribution in [0.2, 0.25) is 0 Å². The van der Waals surface area contributed by atoms with Gasteiger partial charge < -0.3 is 14.8 Å². The summed E-state index contributed by atoms with van der Waals surface area (Å²) in [6.45, 7) is 0. The fourth-order valence-electron chi connectivity index (χ4n) is 3.91. The number of fused-ring (bicyclic) bond motifs is 2. The van der Waals surface area contributed by atoms with Gasteiger partial charge in [-0.1, -0.05) is 36.4 Å². The van der Waals surface area contributed by atoms with Gasteiger partial charge in [-0.3, -0.25) is 10.1 Å². The monoisotopic (exact) mass is 577 g/mol. The number of carbonyl (C=O) groups excluding carboxylic acids is 1. The molecule has 5 aromatic rings. The lowest BCUT2D eigenvalue weighted by molar-refractivity contribution is 0.0975. The Morgan fingerprint density at radius 1 is 1.00 bits per heavy atom. The standard InChI is InChI=1S/C27H20BrN3O3S2/c1-33-21-12-11-16(26-29-19-9-5-6-10-22(19)36-26)14-20(21)30-27(35)31-25(32)18-13-15-7-3-4-8-17(15)23(28)24(18)34-2/h3-14H,1-2H3,(H2,30,31,32,35). The van der Waals surface area contributed by atoms with Crippen LogP contribution in [0.15, 0.2) is 77.3 Å². The van der Waals surface area contributed by atoms with E-state index in [1.807, 2.05) is 66.7 Å². The molecule has 4 aromatic carbocycles. The topological polar surface area (TPSA) is 72.5 Å². The molecule has 9 heteroatoms. The van der Waals surface area contributed by atoms with Crippen LogP contribution in [-0.4, -0.2) is 30.2 Å². The summed E-state index contributed by atoms with van der Waals surface area (Å²) in [5, 5.41) is 8.71. The number of thiocarbonyl (C=S) groups is 1. The lowest BCUT2D eigenvalue weighted by atomic mass is 10.1. The summed E-state index contributed by atoms with van der Waals surface area (Å²) in [5.41, 5.74) is 2.84. The zero-order valence-electron chi connectivity index (χ0n) is 19.3. The summed E-state index contributed by atoms with van der Waals surface area (Å²) in [6, 6.07) is 23.2. The number of anilines is 1. The van der Waals surface area contributed by atoms with Gasteiger partial charge in [-0.05, 0) is 75.3 Å². The number of para-hydroxylation sites is 1. The van der Waals surface area contributed by atoms with E-state index in [0.29, 0.717) is 27.2 Å². The second kappa shape index (κ2) is 10.2. The minimum Gasteiger partial charge on any atom is -0.495 e. The molecular weight excluding hydrogens is 558 g/mol. The smallest absolute Gasteiger partial charge is 0.261 e. The number of benzene rings is 4. The minimum absolute atomic E-state index is 0.131. The highest BCUT2D eigenvalue weighted by Crippen LogP contribution is 2.37. The molecule has 36 heavy (non-hydrogen) atoms. The third-order valence-corrected chi connectivity index (χ3v) is 7.68. The average Bonchev–Trinajstić information content (AvgIpc) is 3.33. The van der Waals surface area contributed by atoms with E-state index in [1.54, 1.807) is 24.5 Å². The molecule has 6 nitrogen and oxygen atoms in total. The van der Waals surface area contributed by atoms with Gasteiger partial charge in [-0.15, -0.1) is 11.3 Å². The van der Waals surface area contributed by atoms with Crippen LogP contribution < -0.4 is 20.1 Å². The molecule has 1 aromatic heterocycles. The van der Waals surface area contributed by atoms with E-state index in [-0.39, 0.29) is 5.11 Å². The Kier molecular flexibility index (Phi) is 6.86. The van der Waals surface area contributed by atoms with Crippen LogP contribution in [0, 0.1) is 0 Å². The maximum atomic E-state index is 13.2. The molecule has 0 unspecified atom stereocenters. The molecule has 1 heterocycles. The zero-order valence-corrected chi connectivity index (χ0v) is 22.5. The van der Waals surface area contributed by atoms with Crippen molar-refractivity contribution in [3.63, 3.8) is 0 Å². The number of nitrogens with zero attached hydrogens (tertiary/aromatic N) is 1. The van der Waals surface area contributed by atoms with Crippen molar-refractivity contribution in [1.29, 1.82) is 0 Å². The maximum Gasteiger partial charge on any atom is 0.261 e. The zero-order chi connectivity index (χ0) is 25.2. The number of rotatable bonds is 5. The van der Waals surface area contributed by atoms with Gasteiger partial charge in [0.05, 0.1) is 40.2 Å². The van der Waals surface area contributed by atoms with Gasteiger partial charge in [0.25, 0.3) is 5.91 Å². The van der Waals surface area contributed by atoms with E-state index in [9.17, 15) is 4.79 Å². The van der Waals surface area contributed by atoms with Crippen molar-refractivity contribution in [3.8, 4) is 22.1 Å². The van der Waals surface area contributed by atoms with E-state index in [4.69, 9.17) is 26.7 Å². The van der Waals surface area contributed by atoms with Crippen molar-refractivity contribution >= 4 is 77.2 Å². The van der Waals surface area contributed by atoms with Crippen molar-refractivity contribution in [1.82, 2.24) is 10.3 Å². The van der Waals surface area contributed by atoms with Crippen LogP contribution in [0.3, 0.4) is 0 Å². The number of methoxy groups -OCH3 is 2. The number of amides is 1. The molecule has 5 rings (SSSR count). The lowest BCUT2D eigenvalue weighted by Gasteiger charge is -2.16.